The van der Waals surface area contributed by atoms with Crippen molar-refractivity contribution >= 4 is 21.8 Å². The van der Waals surface area contributed by atoms with Crippen molar-refractivity contribution in [3.8, 4) is 5.88 Å². The van der Waals surface area contributed by atoms with E-state index in [9.17, 15) is 8.42 Å². The SMILES string of the molecule is COc1cc(N2CCN(S(C)(=O)=O)CC2)nc(N)n1. The quantitative estimate of drug-likeness (QED) is 0.772. The topological polar surface area (TPSA) is 102 Å². The molecule has 8 nitrogen and oxygen atoms in total. The molecule has 1 fully saturated rings. The summed E-state index contributed by atoms with van der Waals surface area (Å²) in [6, 6.07) is 1.69. The molecule has 0 bridgehead atoms. The van der Waals surface area contributed by atoms with E-state index in [4.69, 9.17) is 10.5 Å². The van der Waals surface area contributed by atoms with Gasteiger partial charge in [0.05, 0.1) is 13.4 Å². The minimum Gasteiger partial charge on any atom is -0.481 e. The molecule has 1 aliphatic heterocycles. The molecule has 1 saturated heterocycles. The molecule has 0 saturated carbocycles. The fraction of sp³-hybridized carbons (Fsp3) is 0.600. The zero-order chi connectivity index (χ0) is 14.0. The van der Waals surface area contributed by atoms with Gasteiger partial charge in [-0.1, -0.05) is 0 Å². The number of piperazine rings is 1. The van der Waals surface area contributed by atoms with Gasteiger partial charge in [-0.05, 0) is 0 Å². The summed E-state index contributed by atoms with van der Waals surface area (Å²) in [5.74, 6) is 1.19. The van der Waals surface area contributed by atoms with E-state index in [1.54, 1.807) is 6.07 Å². The van der Waals surface area contributed by atoms with E-state index in [0.717, 1.165) is 0 Å². The molecule has 0 atom stereocenters. The Morgan fingerprint density at radius 2 is 1.89 bits per heavy atom. The van der Waals surface area contributed by atoms with Gasteiger partial charge in [0.15, 0.2) is 0 Å². The molecule has 19 heavy (non-hydrogen) atoms. The number of sulfonamides is 1. The highest BCUT2D eigenvalue weighted by molar-refractivity contribution is 7.88. The van der Waals surface area contributed by atoms with Crippen LogP contribution in [0.15, 0.2) is 6.07 Å². The Hall–Kier alpha value is -1.61. The second-order valence-corrected chi connectivity index (χ2v) is 6.26. The molecule has 2 N–H and O–H groups in total. The van der Waals surface area contributed by atoms with Crippen LogP contribution in [0.3, 0.4) is 0 Å². The van der Waals surface area contributed by atoms with E-state index < -0.39 is 10.0 Å². The number of nitrogens with two attached hydrogens (primary N) is 1. The highest BCUT2D eigenvalue weighted by Gasteiger charge is 2.24. The Labute approximate surface area is 112 Å². The van der Waals surface area contributed by atoms with E-state index in [1.807, 2.05) is 4.90 Å². The minimum absolute atomic E-state index is 0.139. The lowest BCUT2D eigenvalue weighted by atomic mass is 10.3. The smallest absolute Gasteiger partial charge is 0.225 e. The van der Waals surface area contributed by atoms with Crippen LogP contribution < -0.4 is 15.4 Å². The van der Waals surface area contributed by atoms with Crippen LogP contribution in [-0.2, 0) is 10.0 Å². The molecular weight excluding hydrogens is 270 g/mol. The van der Waals surface area contributed by atoms with E-state index in [-0.39, 0.29) is 5.95 Å². The van der Waals surface area contributed by atoms with Crippen molar-refractivity contribution in [2.24, 2.45) is 0 Å². The summed E-state index contributed by atoms with van der Waals surface area (Å²) in [7, 11) is -1.62. The molecule has 1 aromatic rings. The third kappa shape index (κ3) is 3.24. The van der Waals surface area contributed by atoms with Crippen LogP contribution in [0.1, 0.15) is 0 Å². The average Bonchev–Trinajstić information content (AvgIpc) is 2.37. The molecule has 1 aliphatic rings. The van der Waals surface area contributed by atoms with Crippen molar-refractivity contribution in [2.75, 3.05) is 50.2 Å². The summed E-state index contributed by atoms with van der Waals surface area (Å²) in [5.41, 5.74) is 5.60. The van der Waals surface area contributed by atoms with Gasteiger partial charge >= 0.3 is 0 Å². The summed E-state index contributed by atoms with van der Waals surface area (Å²) in [5, 5.41) is 0. The van der Waals surface area contributed by atoms with Crippen molar-refractivity contribution in [2.45, 2.75) is 0 Å². The standard InChI is InChI=1S/C10H17N5O3S/c1-18-9-7-8(12-10(11)13-9)14-3-5-15(6-4-14)19(2,16)17/h7H,3-6H2,1-2H3,(H2,11,12,13). The molecule has 0 aliphatic carbocycles. The maximum Gasteiger partial charge on any atom is 0.225 e. The maximum atomic E-state index is 11.4. The number of nitrogens with zero attached hydrogens (tertiary/aromatic N) is 4. The van der Waals surface area contributed by atoms with Gasteiger partial charge in [0.2, 0.25) is 21.9 Å². The van der Waals surface area contributed by atoms with E-state index in [0.29, 0.717) is 37.9 Å². The predicted octanol–water partition coefficient (Wildman–Crippen LogP) is -0.851. The molecule has 1 aromatic heterocycles. The average molecular weight is 287 g/mol. The number of hydrogen-bond acceptors (Lipinski definition) is 7. The Balaban J connectivity index is 2.11. The number of nitrogen functional groups attached to an aromatic ring is 1. The van der Waals surface area contributed by atoms with Crippen molar-refractivity contribution < 1.29 is 13.2 Å². The van der Waals surface area contributed by atoms with E-state index in [1.165, 1.54) is 17.7 Å². The van der Waals surface area contributed by atoms with Gasteiger partial charge in [0.1, 0.15) is 5.82 Å². The second kappa shape index (κ2) is 5.17. The fourth-order valence-electron chi connectivity index (χ4n) is 1.95. The number of anilines is 2. The summed E-state index contributed by atoms with van der Waals surface area (Å²) < 4.78 is 29.3. The normalized spacial score (nSPS) is 17.5. The van der Waals surface area contributed by atoms with Crippen molar-refractivity contribution in [3.05, 3.63) is 6.07 Å². The first-order valence-corrected chi connectivity index (χ1v) is 7.63. The van der Waals surface area contributed by atoms with Gasteiger partial charge in [-0.15, -0.1) is 0 Å². The molecule has 2 rings (SSSR count). The van der Waals surface area contributed by atoms with E-state index in [2.05, 4.69) is 9.97 Å². The third-order valence-electron chi connectivity index (χ3n) is 2.95. The molecule has 9 heteroatoms. The molecule has 0 amide bonds. The van der Waals surface area contributed by atoms with Crippen LogP contribution in [0.4, 0.5) is 11.8 Å². The van der Waals surface area contributed by atoms with Crippen molar-refractivity contribution in [3.63, 3.8) is 0 Å². The monoisotopic (exact) mass is 287 g/mol. The number of rotatable bonds is 3. The van der Waals surface area contributed by atoms with Crippen molar-refractivity contribution in [1.29, 1.82) is 0 Å². The Morgan fingerprint density at radius 1 is 1.26 bits per heavy atom. The Morgan fingerprint density at radius 3 is 2.42 bits per heavy atom. The summed E-state index contributed by atoms with van der Waals surface area (Å²) in [6.45, 7) is 2.00. The lowest BCUT2D eigenvalue weighted by molar-refractivity contribution is 0.383. The first-order chi connectivity index (χ1) is 8.90. The zero-order valence-corrected chi connectivity index (χ0v) is 11.7. The van der Waals surface area contributed by atoms with Crippen LogP contribution >= 0.6 is 0 Å². The van der Waals surface area contributed by atoms with Crippen LogP contribution in [0.2, 0.25) is 0 Å². The van der Waals surface area contributed by atoms with Gasteiger partial charge < -0.3 is 15.4 Å². The second-order valence-electron chi connectivity index (χ2n) is 4.28. The van der Waals surface area contributed by atoms with Crippen molar-refractivity contribution in [1.82, 2.24) is 14.3 Å². The lowest BCUT2D eigenvalue weighted by Gasteiger charge is -2.33. The van der Waals surface area contributed by atoms with Gasteiger partial charge in [0, 0.05) is 32.2 Å². The molecule has 0 unspecified atom stereocenters. The molecule has 106 valence electrons. The number of methoxy groups -OCH3 is 1. The highest BCUT2D eigenvalue weighted by Crippen LogP contribution is 2.20. The Bertz CT molecular complexity index is 554. The molecule has 0 radical (unpaired) electrons. The molecule has 0 spiro atoms. The van der Waals surface area contributed by atoms with Gasteiger partial charge in [-0.3, -0.25) is 0 Å². The van der Waals surface area contributed by atoms with Crippen LogP contribution in [0.5, 0.6) is 5.88 Å². The lowest BCUT2D eigenvalue weighted by Crippen LogP contribution is -2.48. The molecular formula is C10H17N5O3S. The predicted molar refractivity (Wildman–Crippen MR) is 71.6 cm³/mol. The first-order valence-electron chi connectivity index (χ1n) is 5.79. The zero-order valence-electron chi connectivity index (χ0n) is 10.9. The molecule has 2 heterocycles. The highest BCUT2D eigenvalue weighted by atomic mass is 32.2. The van der Waals surface area contributed by atoms with Gasteiger partial charge in [0.25, 0.3) is 0 Å². The van der Waals surface area contributed by atoms with Gasteiger partial charge in [-0.2, -0.15) is 14.3 Å². The summed E-state index contributed by atoms with van der Waals surface area (Å²) in [6.07, 6.45) is 1.22. The number of hydrogen-bond donors (Lipinski definition) is 1. The summed E-state index contributed by atoms with van der Waals surface area (Å²) in [4.78, 5) is 10.0. The maximum absolute atomic E-state index is 11.4. The fourth-order valence-corrected chi connectivity index (χ4v) is 2.77. The minimum atomic E-state index is -3.13. The number of ether oxygens (including phenoxy) is 1. The summed E-state index contributed by atoms with van der Waals surface area (Å²) >= 11 is 0. The molecule has 0 aromatic carbocycles. The number of aromatic nitrogens is 2. The van der Waals surface area contributed by atoms with Crippen LogP contribution in [0, 0.1) is 0 Å². The van der Waals surface area contributed by atoms with Gasteiger partial charge in [-0.25, -0.2) is 8.42 Å². The first kappa shape index (κ1) is 13.8. The van der Waals surface area contributed by atoms with E-state index >= 15 is 0 Å². The Kier molecular flexibility index (Phi) is 3.76. The largest absolute Gasteiger partial charge is 0.481 e. The van der Waals surface area contributed by atoms with Crippen LogP contribution in [0.25, 0.3) is 0 Å². The third-order valence-corrected chi connectivity index (χ3v) is 4.25. The van der Waals surface area contributed by atoms with Crippen LogP contribution in [-0.4, -0.2) is 62.2 Å².